The van der Waals surface area contributed by atoms with Gasteiger partial charge in [-0.1, -0.05) is 35.3 Å². The van der Waals surface area contributed by atoms with E-state index in [1.165, 1.54) is 25.3 Å². The van der Waals surface area contributed by atoms with Gasteiger partial charge in [-0.05, 0) is 23.3 Å². The smallest absolute Gasteiger partial charge is 0.269 e. The highest BCUT2D eigenvalue weighted by molar-refractivity contribution is 6.37. The summed E-state index contributed by atoms with van der Waals surface area (Å²) in [5.41, 5.74) is 3.43. The van der Waals surface area contributed by atoms with Crippen molar-refractivity contribution < 1.29 is 14.5 Å². The van der Waals surface area contributed by atoms with Crippen LogP contribution in [0.15, 0.2) is 41.5 Å². The maximum atomic E-state index is 10.8. The van der Waals surface area contributed by atoms with Crippen molar-refractivity contribution in [3.05, 3.63) is 67.7 Å². The van der Waals surface area contributed by atoms with Crippen molar-refractivity contribution >= 4 is 41.0 Å². The molecule has 0 spiro atoms. The zero-order valence-electron chi connectivity index (χ0n) is 13.0. The van der Waals surface area contributed by atoms with Crippen molar-refractivity contribution in [2.24, 2.45) is 5.10 Å². The van der Waals surface area contributed by atoms with Gasteiger partial charge in [0.15, 0.2) is 5.75 Å². The van der Waals surface area contributed by atoms with Crippen LogP contribution in [0.5, 0.6) is 5.75 Å². The summed E-state index contributed by atoms with van der Waals surface area (Å²) in [4.78, 5) is 21.1. The Kier molecular flexibility index (Phi) is 6.32. The molecule has 0 fully saturated rings. The van der Waals surface area contributed by atoms with Crippen LogP contribution in [0.1, 0.15) is 18.1 Å². The number of hydrogen-bond acceptors (Lipinski definition) is 5. The highest BCUT2D eigenvalue weighted by Crippen LogP contribution is 2.34. The normalized spacial score (nSPS) is 10.7. The third kappa shape index (κ3) is 5.44. The summed E-state index contributed by atoms with van der Waals surface area (Å²) in [6.45, 7) is 1.41. The van der Waals surface area contributed by atoms with E-state index in [1.807, 2.05) is 0 Å². The Bertz CT molecular complexity index is 817. The van der Waals surface area contributed by atoms with Crippen LogP contribution in [0.2, 0.25) is 10.0 Å². The van der Waals surface area contributed by atoms with Crippen molar-refractivity contribution in [1.82, 2.24) is 5.43 Å². The van der Waals surface area contributed by atoms with Gasteiger partial charge in [-0.15, -0.1) is 0 Å². The summed E-state index contributed by atoms with van der Waals surface area (Å²) in [6.07, 6.45) is 1.39. The zero-order chi connectivity index (χ0) is 18.4. The lowest BCUT2D eigenvalue weighted by Gasteiger charge is -2.11. The van der Waals surface area contributed by atoms with E-state index in [9.17, 15) is 14.9 Å². The predicted molar refractivity (Wildman–Crippen MR) is 95.3 cm³/mol. The lowest BCUT2D eigenvalue weighted by Crippen LogP contribution is -2.12. The number of hydrogen-bond donors (Lipinski definition) is 1. The number of halogens is 2. The molecule has 0 radical (unpaired) electrons. The minimum atomic E-state index is -0.479. The number of nitrogens with one attached hydrogen (secondary N) is 1. The van der Waals surface area contributed by atoms with Crippen LogP contribution in [0.4, 0.5) is 5.69 Å². The first-order chi connectivity index (χ1) is 11.9. The van der Waals surface area contributed by atoms with E-state index in [1.54, 1.807) is 24.3 Å². The number of nitrogens with zero attached hydrogens (tertiary/aromatic N) is 2. The molecule has 2 rings (SSSR count). The summed E-state index contributed by atoms with van der Waals surface area (Å²) in [5, 5.41) is 15.0. The fourth-order valence-electron chi connectivity index (χ4n) is 1.90. The van der Waals surface area contributed by atoms with Crippen molar-refractivity contribution in [1.29, 1.82) is 0 Å². The molecule has 130 valence electrons. The summed E-state index contributed by atoms with van der Waals surface area (Å²) in [7, 11) is 0. The van der Waals surface area contributed by atoms with Crippen molar-refractivity contribution in [3.8, 4) is 5.75 Å². The molecule has 1 N–H and O–H groups in total. The van der Waals surface area contributed by atoms with E-state index in [0.717, 1.165) is 0 Å². The molecule has 0 aromatic heterocycles. The van der Waals surface area contributed by atoms with Crippen LogP contribution in [-0.4, -0.2) is 17.0 Å². The fourth-order valence-corrected chi connectivity index (χ4v) is 2.52. The third-order valence-corrected chi connectivity index (χ3v) is 3.52. The average molecular weight is 382 g/mol. The Morgan fingerprint density at radius 2 is 2.00 bits per heavy atom. The van der Waals surface area contributed by atoms with E-state index in [-0.39, 0.29) is 34.0 Å². The standard InChI is InChI=1S/C16H13Cl2N3O4/c1-10(22)20-19-8-12-6-14(17)16(15(18)7-12)25-9-11-3-2-4-13(5-11)21(23)24/h2-8H,9H2,1H3,(H,20,22)/b19-8-. The monoisotopic (exact) mass is 381 g/mol. The number of nitro groups is 1. The Morgan fingerprint density at radius 3 is 2.60 bits per heavy atom. The Hall–Kier alpha value is -2.64. The van der Waals surface area contributed by atoms with Gasteiger partial charge in [0.05, 0.1) is 21.2 Å². The second-order valence-electron chi connectivity index (χ2n) is 4.96. The molecule has 0 saturated heterocycles. The Labute approximate surface area is 153 Å². The Morgan fingerprint density at radius 1 is 1.32 bits per heavy atom. The van der Waals surface area contributed by atoms with Gasteiger partial charge in [0.1, 0.15) is 6.61 Å². The third-order valence-electron chi connectivity index (χ3n) is 2.96. The summed E-state index contributed by atoms with van der Waals surface area (Å²) in [5.74, 6) is -0.0446. The van der Waals surface area contributed by atoms with E-state index < -0.39 is 4.92 Å². The number of benzene rings is 2. The molecule has 0 atom stereocenters. The first-order valence-electron chi connectivity index (χ1n) is 7.01. The number of ether oxygens (including phenoxy) is 1. The minimum absolute atomic E-state index is 0.0252. The van der Waals surface area contributed by atoms with E-state index in [4.69, 9.17) is 27.9 Å². The van der Waals surface area contributed by atoms with Crippen LogP contribution in [0.3, 0.4) is 0 Å². The van der Waals surface area contributed by atoms with Crippen LogP contribution in [0.25, 0.3) is 0 Å². The molecular formula is C16H13Cl2N3O4. The van der Waals surface area contributed by atoms with Gasteiger partial charge in [0, 0.05) is 19.1 Å². The molecule has 0 bridgehead atoms. The maximum Gasteiger partial charge on any atom is 0.269 e. The lowest BCUT2D eigenvalue weighted by atomic mass is 10.2. The van der Waals surface area contributed by atoms with Gasteiger partial charge >= 0.3 is 0 Å². The van der Waals surface area contributed by atoms with Crippen molar-refractivity contribution in [2.45, 2.75) is 13.5 Å². The molecule has 25 heavy (non-hydrogen) atoms. The van der Waals surface area contributed by atoms with Crippen molar-refractivity contribution in [2.75, 3.05) is 0 Å². The van der Waals surface area contributed by atoms with E-state index >= 15 is 0 Å². The van der Waals surface area contributed by atoms with Gasteiger partial charge in [-0.25, -0.2) is 5.43 Å². The Balaban J connectivity index is 2.12. The molecule has 0 heterocycles. The second kappa shape index (κ2) is 8.46. The van der Waals surface area contributed by atoms with Crippen LogP contribution >= 0.6 is 23.2 Å². The first kappa shape index (κ1) is 18.7. The molecule has 0 aliphatic rings. The number of amides is 1. The molecule has 0 unspecified atom stereocenters. The fraction of sp³-hybridized carbons (Fsp3) is 0.125. The molecule has 0 aliphatic carbocycles. The van der Waals surface area contributed by atoms with Gasteiger partial charge in [0.2, 0.25) is 5.91 Å². The van der Waals surface area contributed by atoms with Gasteiger partial charge in [-0.2, -0.15) is 5.10 Å². The predicted octanol–water partition coefficient (Wildman–Crippen LogP) is 3.95. The molecule has 0 saturated carbocycles. The van der Waals surface area contributed by atoms with Gasteiger partial charge in [-0.3, -0.25) is 14.9 Å². The first-order valence-corrected chi connectivity index (χ1v) is 7.77. The van der Waals surface area contributed by atoms with Crippen LogP contribution < -0.4 is 10.2 Å². The number of carbonyl (C=O) groups is 1. The SMILES string of the molecule is CC(=O)N/N=C\c1cc(Cl)c(OCc2cccc([N+](=O)[O-])c2)c(Cl)c1. The number of carbonyl (C=O) groups excluding carboxylic acids is 1. The molecule has 1 amide bonds. The number of hydrazone groups is 1. The maximum absolute atomic E-state index is 10.8. The zero-order valence-corrected chi connectivity index (χ0v) is 14.5. The van der Waals surface area contributed by atoms with Gasteiger partial charge in [0.25, 0.3) is 5.69 Å². The summed E-state index contributed by atoms with van der Waals surface area (Å²) >= 11 is 12.3. The molecule has 9 heteroatoms. The highest BCUT2D eigenvalue weighted by atomic mass is 35.5. The van der Waals surface area contributed by atoms with Crippen LogP contribution in [0, 0.1) is 10.1 Å². The number of non-ortho nitro benzene ring substituents is 1. The lowest BCUT2D eigenvalue weighted by molar-refractivity contribution is -0.384. The minimum Gasteiger partial charge on any atom is -0.486 e. The molecule has 2 aromatic carbocycles. The molecule has 0 aliphatic heterocycles. The van der Waals surface area contributed by atoms with Crippen molar-refractivity contribution in [3.63, 3.8) is 0 Å². The van der Waals surface area contributed by atoms with Crippen LogP contribution in [-0.2, 0) is 11.4 Å². The number of rotatable bonds is 6. The van der Waals surface area contributed by atoms with E-state index in [2.05, 4.69) is 10.5 Å². The summed E-state index contributed by atoms with van der Waals surface area (Å²) in [6, 6.07) is 9.22. The number of nitro benzene ring substituents is 1. The summed E-state index contributed by atoms with van der Waals surface area (Å²) < 4.78 is 5.59. The molecule has 2 aromatic rings. The van der Waals surface area contributed by atoms with Gasteiger partial charge < -0.3 is 4.74 Å². The topological polar surface area (TPSA) is 93.8 Å². The molecule has 7 nitrogen and oxygen atoms in total. The van der Waals surface area contributed by atoms with E-state index in [0.29, 0.717) is 11.1 Å². The average Bonchev–Trinajstić information content (AvgIpc) is 2.54. The largest absolute Gasteiger partial charge is 0.486 e. The second-order valence-corrected chi connectivity index (χ2v) is 5.77. The molecular weight excluding hydrogens is 369 g/mol. The quantitative estimate of drug-likeness (QED) is 0.465. The highest BCUT2D eigenvalue weighted by Gasteiger charge is 2.11.